The SMILES string of the molecule is C[C@@H]1C[C@@H]2SC(C(=O)Nc3cc(C(=O)Nc4cc(C(=O)Nc5cc(C(=O)NCCC(N)=O)n(C)c5)n(C)c4)n(C)c3)C=C2C23C(=O)C2=CN=C13. The number of allylic oxidation sites excluding steroid dienone is 1. The number of anilines is 3. The Hall–Kier alpha value is -5.64. The molecule has 2 fully saturated rings. The number of rotatable bonds is 10. The fourth-order valence-electron chi connectivity index (χ4n) is 7.10. The van der Waals surface area contributed by atoms with Crippen molar-refractivity contribution in [2.45, 2.75) is 30.3 Å². The van der Waals surface area contributed by atoms with Crippen molar-refractivity contribution >= 4 is 69.9 Å². The van der Waals surface area contributed by atoms with Crippen LogP contribution in [0, 0.1) is 11.3 Å². The molecule has 4 atom stereocenters. The van der Waals surface area contributed by atoms with E-state index < -0.39 is 34.3 Å². The van der Waals surface area contributed by atoms with Crippen molar-refractivity contribution in [2.75, 3.05) is 22.5 Å². The fourth-order valence-corrected chi connectivity index (χ4v) is 8.66. The molecule has 16 heteroatoms. The van der Waals surface area contributed by atoms with Gasteiger partial charge in [-0.25, -0.2) is 0 Å². The third kappa shape index (κ3) is 5.45. The molecule has 0 saturated heterocycles. The average Bonchev–Trinajstić information content (AvgIpc) is 3.72. The summed E-state index contributed by atoms with van der Waals surface area (Å²) in [7, 11) is 5.00. The molecule has 7 rings (SSSR count). The Balaban J connectivity index is 0.972. The summed E-state index contributed by atoms with van der Waals surface area (Å²) in [5.41, 5.74) is 9.03. The van der Waals surface area contributed by atoms with Gasteiger partial charge in [0.2, 0.25) is 11.8 Å². The van der Waals surface area contributed by atoms with Gasteiger partial charge in [-0.05, 0) is 36.1 Å². The van der Waals surface area contributed by atoms with Crippen molar-refractivity contribution in [3.63, 3.8) is 0 Å². The zero-order valence-corrected chi connectivity index (χ0v) is 28.5. The van der Waals surface area contributed by atoms with E-state index >= 15 is 0 Å². The second kappa shape index (κ2) is 12.0. The maximum absolute atomic E-state index is 13.4. The molecule has 2 unspecified atom stereocenters. The van der Waals surface area contributed by atoms with Crippen LogP contribution < -0.4 is 27.0 Å². The number of fused-ring (bicyclic) bond motifs is 1. The summed E-state index contributed by atoms with van der Waals surface area (Å²) in [5.74, 6) is -1.84. The number of amides is 5. The zero-order chi connectivity index (χ0) is 35.6. The number of primary amides is 1. The molecule has 3 aromatic heterocycles. The quantitative estimate of drug-likeness (QED) is 0.200. The van der Waals surface area contributed by atoms with Gasteiger partial charge in [0.15, 0.2) is 5.78 Å². The van der Waals surface area contributed by atoms with Crippen molar-refractivity contribution in [3.8, 4) is 0 Å². The minimum Gasteiger partial charge on any atom is -0.370 e. The molecule has 0 bridgehead atoms. The van der Waals surface area contributed by atoms with E-state index in [0.29, 0.717) is 17.1 Å². The van der Waals surface area contributed by atoms with Crippen LogP contribution in [0.25, 0.3) is 0 Å². The Kier molecular flexibility index (Phi) is 7.92. The van der Waals surface area contributed by atoms with Crippen LogP contribution in [0.5, 0.6) is 0 Å². The molecular formula is C34H35N9O6S. The summed E-state index contributed by atoms with van der Waals surface area (Å²) in [6, 6.07) is 4.61. The number of aryl methyl sites for hydroxylation is 3. The van der Waals surface area contributed by atoms with Gasteiger partial charge in [0, 0.05) is 75.4 Å². The number of carbonyl (C=O) groups excluding carboxylic acids is 6. The molecule has 5 heterocycles. The van der Waals surface area contributed by atoms with E-state index in [1.54, 1.807) is 77.5 Å². The normalized spacial score (nSPS) is 22.8. The Morgan fingerprint density at radius 1 is 0.880 bits per heavy atom. The lowest BCUT2D eigenvalue weighted by atomic mass is 9.73. The van der Waals surface area contributed by atoms with Crippen LogP contribution in [-0.2, 0) is 35.5 Å². The van der Waals surface area contributed by atoms with E-state index in [9.17, 15) is 28.8 Å². The largest absolute Gasteiger partial charge is 0.370 e. The Morgan fingerprint density at radius 3 is 1.96 bits per heavy atom. The molecule has 3 aromatic rings. The van der Waals surface area contributed by atoms with Crippen molar-refractivity contribution < 1.29 is 28.8 Å². The molecule has 50 heavy (non-hydrogen) atoms. The number of nitrogens with two attached hydrogens (primary N) is 1. The number of aromatic nitrogens is 3. The van der Waals surface area contributed by atoms with Gasteiger partial charge >= 0.3 is 0 Å². The molecule has 0 radical (unpaired) electrons. The number of aliphatic imine (C=N–C) groups is 1. The molecule has 15 nitrogen and oxygen atoms in total. The predicted molar refractivity (Wildman–Crippen MR) is 187 cm³/mol. The van der Waals surface area contributed by atoms with Crippen LogP contribution in [0.2, 0.25) is 0 Å². The van der Waals surface area contributed by atoms with Gasteiger partial charge in [-0.3, -0.25) is 33.8 Å². The molecule has 4 aliphatic rings. The second-order valence-electron chi connectivity index (χ2n) is 13.0. The minimum atomic E-state index is -0.710. The van der Waals surface area contributed by atoms with Gasteiger partial charge < -0.3 is 40.7 Å². The molecule has 2 aliphatic carbocycles. The summed E-state index contributed by atoms with van der Waals surface area (Å²) in [6.07, 6.45) is 9.24. The first-order chi connectivity index (χ1) is 23.8. The third-order valence-electron chi connectivity index (χ3n) is 9.51. The Morgan fingerprint density at radius 2 is 1.42 bits per heavy atom. The van der Waals surface area contributed by atoms with Gasteiger partial charge in [-0.1, -0.05) is 13.0 Å². The molecule has 2 saturated carbocycles. The number of Topliss-reactive ketones (excluding diaryl/α,β-unsaturated/α-hetero) is 1. The number of ketones is 1. The summed E-state index contributed by atoms with van der Waals surface area (Å²) in [6.45, 7) is 2.17. The van der Waals surface area contributed by atoms with Crippen molar-refractivity contribution in [2.24, 2.45) is 43.2 Å². The highest BCUT2D eigenvalue weighted by atomic mass is 32.2. The van der Waals surface area contributed by atoms with Crippen molar-refractivity contribution in [1.82, 2.24) is 19.0 Å². The van der Waals surface area contributed by atoms with E-state index in [1.165, 1.54) is 12.1 Å². The first-order valence-corrected chi connectivity index (χ1v) is 16.9. The van der Waals surface area contributed by atoms with Crippen LogP contribution in [0.1, 0.15) is 51.2 Å². The van der Waals surface area contributed by atoms with E-state index in [4.69, 9.17) is 5.73 Å². The number of hydrogen-bond donors (Lipinski definition) is 5. The second-order valence-corrected chi connectivity index (χ2v) is 14.3. The van der Waals surface area contributed by atoms with Crippen LogP contribution >= 0.6 is 11.8 Å². The lowest BCUT2D eigenvalue weighted by molar-refractivity contribution is -0.118. The number of nitrogens with one attached hydrogen (secondary N) is 4. The molecular weight excluding hydrogens is 662 g/mol. The number of carbonyl (C=O) groups is 6. The number of hydrogen-bond acceptors (Lipinski definition) is 8. The summed E-state index contributed by atoms with van der Waals surface area (Å²) in [5, 5.41) is 10.7. The van der Waals surface area contributed by atoms with E-state index in [-0.39, 0.29) is 52.9 Å². The highest BCUT2D eigenvalue weighted by Crippen LogP contribution is 2.66. The van der Waals surface area contributed by atoms with Gasteiger partial charge in [-0.15, -0.1) is 11.8 Å². The first-order valence-electron chi connectivity index (χ1n) is 16.0. The lowest BCUT2D eigenvalue weighted by Gasteiger charge is -2.32. The number of nitrogens with zero attached hydrogens (tertiary/aromatic N) is 4. The standard InChI is InChI=1S/C34H35N9O6S/c1-16-7-25-20(34-21(29(34)45)12-37-28(16)34)11-26(50-25)33(49)40-19-10-24(43(4)15-19)32(48)39-18-9-23(42(3)14-18)31(47)38-17-8-22(41(2)13-17)30(46)36-6-5-27(35)44/h8-16,25-26H,5-7H2,1-4H3,(H2,35,44)(H,36,46)(H,38,47)(H,39,48)(H,40,49)/t16-,25+,26?,34?/m1/s1. The van der Waals surface area contributed by atoms with Gasteiger partial charge in [0.05, 0.1) is 17.1 Å². The Bertz CT molecular complexity index is 2130. The van der Waals surface area contributed by atoms with E-state index in [0.717, 1.165) is 23.3 Å². The summed E-state index contributed by atoms with van der Waals surface area (Å²) >= 11 is 1.54. The Labute approximate surface area is 290 Å². The smallest absolute Gasteiger partial charge is 0.272 e. The first kappa shape index (κ1) is 32.9. The predicted octanol–water partition coefficient (Wildman–Crippen LogP) is 2.11. The molecule has 0 aromatic carbocycles. The van der Waals surface area contributed by atoms with Crippen LogP contribution in [0.3, 0.4) is 0 Å². The molecule has 258 valence electrons. The van der Waals surface area contributed by atoms with Gasteiger partial charge in [0.25, 0.3) is 17.7 Å². The fraction of sp³-hybridized carbons (Fsp3) is 0.324. The van der Waals surface area contributed by atoms with Crippen LogP contribution in [0.15, 0.2) is 65.2 Å². The van der Waals surface area contributed by atoms with E-state index in [1.807, 2.05) is 6.08 Å². The molecule has 6 N–H and O–H groups in total. The maximum atomic E-state index is 13.4. The summed E-state index contributed by atoms with van der Waals surface area (Å²) < 4.78 is 4.70. The van der Waals surface area contributed by atoms with E-state index in [2.05, 4.69) is 33.2 Å². The van der Waals surface area contributed by atoms with Gasteiger partial charge in [-0.2, -0.15) is 0 Å². The van der Waals surface area contributed by atoms with Crippen molar-refractivity contribution in [3.05, 3.63) is 77.3 Å². The van der Waals surface area contributed by atoms with Crippen LogP contribution in [0.4, 0.5) is 17.1 Å². The number of thioether (sulfide) groups is 1. The summed E-state index contributed by atoms with van der Waals surface area (Å²) in [4.78, 5) is 80.5. The highest BCUT2D eigenvalue weighted by Gasteiger charge is 2.72. The van der Waals surface area contributed by atoms with Crippen molar-refractivity contribution in [1.29, 1.82) is 0 Å². The highest BCUT2D eigenvalue weighted by molar-refractivity contribution is 8.01. The topological polar surface area (TPSA) is 204 Å². The lowest BCUT2D eigenvalue weighted by Crippen LogP contribution is -2.36. The van der Waals surface area contributed by atoms with Crippen LogP contribution in [-0.4, -0.2) is 71.8 Å². The minimum absolute atomic E-state index is 0.00737. The molecule has 1 spiro atoms. The zero-order valence-electron chi connectivity index (χ0n) is 27.7. The van der Waals surface area contributed by atoms with Gasteiger partial charge in [0.1, 0.15) is 27.7 Å². The third-order valence-corrected chi connectivity index (χ3v) is 10.9. The molecule has 5 amide bonds. The monoisotopic (exact) mass is 697 g/mol. The molecule has 2 aliphatic heterocycles. The maximum Gasteiger partial charge on any atom is 0.272 e. The average molecular weight is 698 g/mol.